The van der Waals surface area contributed by atoms with Gasteiger partial charge >= 0.3 is 0 Å². The molecular weight excluding hydrogens is 200 g/mol. The first-order valence-corrected chi connectivity index (χ1v) is 6.47. The van der Waals surface area contributed by atoms with Gasteiger partial charge in [0.05, 0.1) is 6.10 Å². The molecule has 2 unspecified atom stereocenters. The Labute approximate surface area is 100 Å². The van der Waals surface area contributed by atoms with Crippen LogP contribution in [-0.4, -0.2) is 49.3 Å². The predicted molar refractivity (Wildman–Crippen MR) is 68.6 cm³/mol. The molecule has 0 bridgehead atoms. The molecule has 0 aliphatic heterocycles. The minimum Gasteiger partial charge on any atom is -0.392 e. The molecule has 1 fully saturated rings. The molecule has 1 saturated carbocycles. The molecule has 0 aromatic carbocycles. The highest BCUT2D eigenvalue weighted by molar-refractivity contribution is 4.83. The van der Waals surface area contributed by atoms with Crippen molar-refractivity contribution < 1.29 is 5.11 Å². The van der Waals surface area contributed by atoms with Crippen LogP contribution in [0.1, 0.15) is 39.5 Å². The van der Waals surface area contributed by atoms with E-state index >= 15 is 0 Å². The van der Waals surface area contributed by atoms with Crippen molar-refractivity contribution in [3.8, 4) is 0 Å². The standard InChI is InChI=1S/C13H28N2O/c1-13(2,10-15(3)4)9-14-11-7-5-6-8-12(11)16/h11-12,14,16H,5-10H2,1-4H3. The van der Waals surface area contributed by atoms with Gasteiger partial charge in [-0.25, -0.2) is 0 Å². The average Bonchev–Trinajstić information content (AvgIpc) is 2.14. The molecule has 0 spiro atoms. The maximum atomic E-state index is 9.87. The molecule has 2 atom stereocenters. The van der Waals surface area contributed by atoms with Crippen LogP contribution in [0.4, 0.5) is 0 Å². The Balaban J connectivity index is 2.31. The SMILES string of the molecule is CN(C)CC(C)(C)CNC1CCCCC1O. The third kappa shape index (κ3) is 4.81. The molecule has 96 valence electrons. The third-order valence-corrected chi connectivity index (χ3v) is 3.32. The van der Waals surface area contributed by atoms with Crippen molar-refractivity contribution in [3.63, 3.8) is 0 Å². The van der Waals surface area contributed by atoms with Crippen LogP contribution in [0, 0.1) is 5.41 Å². The Morgan fingerprint density at radius 2 is 1.88 bits per heavy atom. The molecule has 1 aliphatic carbocycles. The summed E-state index contributed by atoms with van der Waals surface area (Å²) in [6.45, 7) is 6.60. The van der Waals surface area contributed by atoms with Crippen LogP contribution in [0.3, 0.4) is 0 Å². The number of hydrogen-bond donors (Lipinski definition) is 2. The second-order valence-corrected chi connectivity index (χ2v) is 6.24. The van der Waals surface area contributed by atoms with Crippen LogP contribution >= 0.6 is 0 Å². The first kappa shape index (κ1) is 13.9. The molecule has 0 amide bonds. The number of nitrogens with zero attached hydrogens (tertiary/aromatic N) is 1. The van der Waals surface area contributed by atoms with E-state index in [4.69, 9.17) is 0 Å². The van der Waals surface area contributed by atoms with Crippen LogP contribution in [-0.2, 0) is 0 Å². The van der Waals surface area contributed by atoms with Gasteiger partial charge < -0.3 is 15.3 Å². The van der Waals surface area contributed by atoms with Gasteiger partial charge in [0, 0.05) is 19.1 Å². The van der Waals surface area contributed by atoms with E-state index in [1.165, 1.54) is 12.8 Å². The summed E-state index contributed by atoms with van der Waals surface area (Å²) in [6, 6.07) is 0.315. The monoisotopic (exact) mass is 228 g/mol. The number of aliphatic hydroxyl groups excluding tert-OH is 1. The zero-order valence-electron chi connectivity index (χ0n) is 11.3. The normalized spacial score (nSPS) is 27.4. The van der Waals surface area contributed by atoms with Crippen molar-refractivity contribution in [2.75, 3.05) is 27.2 Å². The Bertz CT molecular complexity index is 204. The van der Waals surface area contributed by atoms with Crippen molar-refractivity contribution in [1.82, 2.24) is 10.2 Å². The molecule has 3 heteroatoms. The van der Waals surface area contributed by atoms with Crippen molar-refractivity contribution >= 4 is 0 Å². The van der Waals surface area contributed by atoms with Crippen LogP contribution in [0.2, 0.25) is 0 Å². The van der Waals surface area contributed by atoms with Gasteiger partial charge in [-0.15, -0.1) is 0 Å². The van der Waals surface area contributed by atoms with Gasteiger partial charge in [0.2, 0.25) is 0 Å². The summed E-state index contributed by atoms with van der Waals surface area (Å²) < 4.78 is 0. The lowest BCUT2D eigenvalue weighted by Crippen LogP contribution is -2.47. The van der Waals surface area contributed by atoms with Gasteiger partial charge in [-0.05, 0) is 32.4 Å². The van der Waals surface area contributed by atoms with Crippen molar-refractivity contribution in [2.24, 2.45) is 5.41 Å². The summed E-state index contributed by atoms with van der Waals surface area (Å²) in [7, 11) is 4.22. The highest BCUT2D eigenvalue weighted by Crippen LogP contribution is 2.20. The van der Waals surface area contributed by atoms with Crippen molar-refractivity contribution in [2.45, 2.75) is 51.7 Å². The molecule has 2 N–H and O–H groups in total. The third-order valence-electron chi connectivity index (χ3n) is 3.32. The highest BCUT2D eigenvalue weighted by atomic mass is 16.3. The molecule has 16 heavy (non-hydrogen) atoms. The second kappa shape index (κ2) is 5.99. The number of rotatable bonds is 5. The summed E-state index contributed by atoms with van der Waals surface area (Å²) >= 11 is 0. The Kier molecular flexibility index (Phi) is 5.22. The lowest BCUT2D eigenvalue weighted by molar-refractivity contribution is 0.0831. The van der Waals surface area contributed by atoms with Gasteiger partial charge in [-0.2, -0.15) is 0 Å². The molecular formula is C13H28N2O. The molecule has 1 rings (SSSR count). The topological polar surface area (TPSA) is 35.5 Å². The van der Waals surface area contributed by atoms with Gasteiger partial charge in [0.1, 0.15) is 0 Å². The molecule has 0 radical (unpaired) electrons. The van der Waals surface area contributed by atoms with Gasteiger partial charge in [-0.1, -0.05) is 26.7 Å². The fourth-order valence-electron chi connectivity index (χ4n) is 2.67. The van der Waals surface area contributed by atoms with E-state index in [-0.39, 0.29) is 11.5 Å². The van der Waals surface area contributed by atoms with Gasteiger partial charge in [0.25, 0.3) is 0 Å². The summed E-state index contributed by atoms with van der Waals surface area (Å²) in [4.78, 5) is 2.22. The van der Waals surface area contributed by atoms with E-state index in [0.717, 1.165) is 25.9 Å². The molecule has 0 heterocycles. The average molecular weight is 228 g/mol. The van der Waals surface area contributed by atoms with E-state index in [1.807, 2.05) is 0 Å². The van der Waals surface area contributed by atoms with Gasteiger partial charge in [0.15, 0.2) is 0 Å². The van der Waals surface area contributed by atoms with Gasteiger partial charge in [-0.3, -0.25) is 0 Å². The van der Waals surface area contributed by atoms with E-state index in [0.29, 0.717) is 6.04 Å². The predicted octanol–water partition coefficient (Wildman–Crippen LogP) is 1.47. The van der Waals surface area contributed by atoms with E-state index in [2.05, 4.69) is 38.2 Å². The van der Waals surface area contributed by atoms with Crippen molar-refractivity contribution in [3.05, 3.63) is 0 Å². The molecule has 0 saturated heterocycles. The fraction of sp³-hybridized carbons (Fsp3) is 1.00. The number of hydrogen-bond acceptors (Lipinski definition) is 3. The fourth-order valence-corrected chi connectivity index (χ4v) is 2.67. The first-order chi connectivity index (χ1) is 7.41. The zero-order chi connectivity index (χ0) is 12.2. The van der Waals surface area contributed by atoms with Crippen molar-refractivity contribution in [1.29, 1.82) is 0 Å². The van der Waals surface area contributed by atoms with Crippen LogP contribution in [0.15, 0.2) is 0 Å². The maximum Gasteiger partial charge on any atom is 0.0693 e. The van der Waals surface area contributed by atoms with E-state index in [1.54, 1.807) is 0 Å². The summed E-state index contributed by atoms with van der Waals surface area (Å²) in [5.41, 5.74) is 0.265. The Hall–Kier alpha value is -0.120. The molecule has 3 nitrogen and oxygen atoms in total. The Morgan fingerprint density at radius 3 is 2.44 bits per heavy atom. The lowest BCUT2D eigenvalue weighted by Gasteiger charge is -2.34. The second-order valence-electron chi connectivity index (χ2n) is 6.24. The molecule has 0 aromatic heterocycles. The highest BCUT2D eigenvalue weighted by Gasteiger charge is 2.25. The summed E-state index contributed by atoms with van der Waals surface area (Å²) in [5.74, 6) is 0. The molecule has 1 aliphatic rings. The number of nitrogens with one attached hydrogen (secondary N) is 1. The van der Waals surface area contributed by atoms with Crippen LogP contribution < -0.4 is 5.32 Å². The molecule has 0 aromatic rings. The summed E-state index contributed by atoms with van der Waals surface area (Å²) in [6.07, 6.45) is 4.39. The smallest absolute Gasteiger partial charge is 0.0693 e. The Morgan fingerprint density at radius 1 is 1.25 bits per heavy atom. The minimum atomic E-state index is -0.135. The largest absolute Gasteiger partial charge is 0.392 e. The minimum absolute atomic E-state index is 0.135. The first-order valence-electron chi connectivity index (χ1n) is 6.47. The van der Waals surface area contributed by atoms with Crippen LogP contribution in [0.25, 0.3) is 0 Å². The van der Waals surface area contributed by atoms with E-state index in [9.17, 15) is 5.11 Å². The maximum absolute atomic E-state index is 9.87. The lowest BCUT2D eigenvalue weighted by atomic mass is 9.89. The quantitative estimate of drug-likeness (QED) is 0.748. The number of aliphatic hydroxyl groups is 1. The summed E-state index contributed by atoms with van der Waals surface area (Å²) in [5, 5.41) is 13.4. The zero-order valence-corrected chi connectivity index (χ0v) is 11.3. The van der Waals surface area contributed by atoms with Crippen LogP contribution in [0.5, 0.6) is 0 Å². The van der Waals surface area contributed by atoms with E-state index < -0.39 is 0 Å².